The van der Waals surface area contributed by atoms with Gasteiger partial charge >= 0.3 is 0 Å². The van der Waals surface area contributed by atoms with Gasteiger partial charge in [-0.3, -0.25) is 0 Å². The summed E-state index contributed by atoms with van der Waals surface area (Å²) in [6, 6.07) is 23.7. The van der Waals surface area contributed by atoms with Gasteiger partial charge in [0.05, 0.1) is 0 Å². The van der Waals surface area contributed by atoms with Crippen molar-refractivity contribution in [1.82, 2.24) is 0 Å². The minimum absolute atomic E-state index is 0.796. The van der Waals surface area contributed by atoms with Gasteiger partial charge in [0.2, 0.25) is 0 Å². The summed E-state index contributed by atoms with van der Waals surface area (Å²) >= 11 is 0. The van der Waals surface area contributed by atoms with E-state index in [9.17, 15) is 0 Å². The third kappa shape index (κ3) is 9.20. The molecule has 1 fully saturated rings. The fourth-order valence-electron chi connectivity index (χ4n) is 7.73. The SMILES string of the molecule is C/C=C(\C)CCC(C)CCCc1ccc(Cc2cccc(-c3cccc(CC4CCCC4C(C)C)c3C)c2CCC)cc1. The minimum Gasteiger partial charge on any atom is -0.0887 e. The van der Waals surface area contributed by atoms with Crippen LogP contribution in [0.5, 0.6) is 0 Å². The Balaban J connectivity index is 1.45. The third-order valence-corrected chi connectivity index (χ3v) is 10.7. The van der Waals surface area contributed by atoms with Crippen molar-refractivity contribution in [3.8, 4) is 11.1 Å². The quantitative estimate of drug-likeness (QED) is 0.158. The summed E-state index contributed by atoms with van der Waals surface area (Å²) in [5, 5.41) is 0. The lowest BCUT2D eigenvalue weighted by Crippen LogP contribution is -2.17. The molecule has 3 aromatic carbocycles. The highest BCUT2D eigenvalue weighted by molar-refractivity contribution is 5.73. The molecular weight excluding hydrogens is 516 g/mol. The summed E-state index contributed by atoms with van der Waals surface area (Å²) < 4.78 is 0. The topological polar surface area (TPSA) is 0 Å². The van der Waals surface area contributed by atoms with E-state index in [-0.39, 0.29) is 0 Å². The Morgan fingerprint density at radius 1 is 0.837 bits per heavy atom. The summed E-state index contributed by atoms with van der Waals surface area (Å²) in [4.78, 5) is 0. The normalized spacial score (nSPS) is 18.0. The zero-order chi connectivity index (χ0) is 30.8. The summed E-state index contributed by atoms with van der Waals surface area (Å²) in [6.45, 7) is 16.4. The van der Waals surface area contributed by atoms with Gasteiger partial charge in [0.25, 0.3) is 0 Å². The van der Waals surface area contributed by atoms with Crippen LogP contribution >= 0.6 is 0 Å². The second-order valence-electron chi connectivity index (χ2n) is 14.3. The average molecular weight is 577 g/mol. The Bertz CT molecular complexity index is 1300. The molecule has 0 nitrogen and oxygen atoms in total. The van der Waals surface area contributed by atoms with E-state index in [1.54, 1.807) is 11.1 Å². The Kier molecular flexibility index (Phi) is 12.8. The van der Waals surface area contributed by atoms with E-state index in [1.807, 2.05) is 0 Å². The predicted molar refractivity (Wildman–Crippen MR) is 190 cm³/mol. The van der Waals surface area contributed by atoms with Crippen LogP contribution < -0.4 is 0 Å². The van der Waals surface area contributed by atoms with E-state index in [1.165, 1.54) is 103 Å². The van der Waals surface area contributed by atoms with E-state index in [2.05, 4.69) is 115 Å². The van der Waals surface area contributed by atoms with E-state index >= 15 is 0 Å². The van der Waals surface area contributed by atoms with Gasteiger partial charge in [0, 0.05) is 0 Å². The van der Waals surface area contributed by atoms with Gasteiger partial charge in [-0.1, -0.05) is 119 Å². The Hall–Kier alpha value is -2.60. The molecule has 0 aliphatic heterocycles. The van der Waals surface area contributed by atoms with Gasteiger partial charge in [-0.25, -0.2) is 0 Å². The molecule has 0 bridgehead atoms. The molecule has 0 heterocycles. The van der Waals surface area contributed by atoms with Crippen LogP contribution in [-0.4, -0.2) is 0 Å². The van der Waals surface area contributed by atoms with Gasteiger partial charge < -0.3 is 0 Å². The molecular formula is C43H60. The van der Waals surface area contributed by atoms with Crippen LogP contribution in [0, 0.1) is 30.6 Å². The number of hydrogen-bond acceptors (Lipinski definition) is 0. The first-order valence-electron chi connectivity index (χ1n) is 17.7. The first kappa shape index (κ1) is 33.3. The maximum atomic E-state index is 2.43. The molecule has 0 spiro atoms. The fraction of sp³-hybridized carbons (Fsp3) is 0.535. The molecule has 1 saturated carbocycles. The van der Waals surface area contributed by atoms with E-state index in [4.69, 9.17) is 0 Å². The van der Waals surface area contributed by atoms with E-state index in [0.717, 1.165) is 36.5 Å². The zero-order valence-electron chi connectivity index (χ0n) is 28.6. The second-order valence-corrected chi connectivity index (χ2v) is 14.3. The first-order valence-corrected chi connectivity index (χ1v) is 17.7. The highest BCUT2D eigenvalue weighted by Crippen LogP contribution is 2.40. The van der Waals surface area contributed by atoms with E-state index in [0.29, 0.717) is 0 Å². The molecule has 3 atom stereocenters. The van der Waals surface area contributed by atoms with Crippen LogP contribution in [0.25, 0.3) is 11.1 Å². The minimum atomic E-state index is 0.796. The lowest BCUT2D eigenvalue weighted by atomic mass is 9.80. The number of aryl methyl sites for hydroxylation is 1. The van der Waals surface area contributed by atoms with Gasteiger partial charge in [-0.15, -0.1) is 0 Å². The van der Waals surface area contributed by atoms with Crippen molar-refractivity contribution in [3.05, 3.63) is 106 Å². The average Bonchev–Trinajstić information content (AvgIpc) is 3.47. The molecule has 0 N–H and O–H groups in total. The van der Waals surface area contributed by atoms with Crippen LogP contribution in [0.1, 0.15) is 126 Å². The molecule has 232 valence electrons. The second kappa shape index (κ2) is 16.5. The smallest absolute Gasteiger partial charge is 0.00228 e. The predicted octanol–water partition coefficient (Wildman–Crippen LogP) is 12.5. The highest BCUT2D eigenvalue weighted by atomic mass is 14.3. The van der Waals surface area contributed by atoms with Crippen molar-refractivity contribution >= 4 is 0 Å². The van der Waals surface area contributed by atoms with Gasteiger partial charge in [0.15, 0.2) is 0 Å². The van der Waals surface area contributed by atoms with Crippen molar-refractivity contribution in [1.29, 1.82) is 0 Å². The van der Waals surface area contributed by atoms with Crippen LogP contribution in [0.2, 0.25) is 0 Å². The number of rotatable bonds is 15. The molecule has 3 aromatic rings. The highest BCUT2D eigenvalue weighted by Gasteiger charge is 2.30. The summed E-state index contributed by atoms with van der Waals surface area (Å²) in [6.07, 6.45) is 17.4. The first-order chi connectivity index (χ1) is 20.8. The summed E-state index contributed by atoms with van der Waals surface area (Å²) in [5.74, 6) is 3.33. The summed E-state index contributed by atoms with van der Waals surface area (Å²) in [7, 11) is 0. The summed E-state index contributed by atoms with van der Waals surface area (Å²) in [5.41, 5.74) is 13.5. The maximum Gasteiger partial charge on any atom is -0.00228 e. The van der Waals surface area contributed by atoms with Crippen molar-refractivity contribution in [2.24, 2.45) is 23.7 Å². The Labute approximate surface area is 265 Å². The lowest BCUT2D eigenvalue weighted by Gasteiger charge is -2.25. The number of hydrogen-bond donors (Lipinski definition) is 0. The van der Waals surface area contributed by atoms with Crippen LogP contribution in [0.3, 0.4) is 0 Å². The molecule has 0 heteroatoms. The number of allylic oxidation sites excluding steroid dienone is 2. The molecule has 43 heavy (non-hydrogen) atoms. The van der Waals surface area contributed by atoms with Crippen LogP contribution in [0.15, 0.2) is 72.3 Å². The van der Waals surface area contributed by atoms with Gasteiger partial charge in [0.1, 0.15) is 0 Å². The number of benzene rings is 3. The molecule has 4 rings (SSSR count). The van der Waals surface area contributed by atoms with E-state index < -0.39 is 0 Å². The van der Waals surface area contributed by atoms with Crippen molar-refractivity contribution in [2.75, 3.05) is 0 Å². The molecule has 0 saturated heterocycles. The monoisotopic (exact) mass is 576 g/mol. The molecule has 0 radical (unpaired) electrons. The Morgan fingerprint density at radius 2 is 1.53 bits per heavy atom. The zero-order valence-corrected chi connectivity index (χ0v) is 28.6. The van der Waals surface area contributed by atoms with Crippen LogP contribution in [-0.2, 0) is 25.7 Å². The fourth-order valence-corrected chi connectivity index (χ4v) is 7.73. The molecule has 0 aromatic heterocycles. The van der Waals surface area contributed by atoms with Crippen LogP contribution in [0.4, 0.5) is 0 Å². The van der Waals surface area contributed by atoms with Crippen molar-refractivity contribution < 1.29 is 0 Å². The maximum absolute atomic E-state index is 2.43. The molecule has 3 unspecified atom stereocenters. The van der Waals surface area contributed by atoms with Crippen molar-refractivity contribution in [3.63, 3.8) is 0 Å². The molecule has 1 aliphatic rings. The standard InChI is InChI=1S/C43H60/c1-8-14-42-38(29-36-27-25-35(26-28-36)16-10-15-33(6)24-23-32(5)9-2)18-13-22-43(42)41-21-11-17-37(34(41)7)30-39-19-12-20-40(39)31(3)4/h9,11,13,17-18,21-22,25-28,31,33,39-40H,8,10,12,14-16,19-20,23-24,29-30H2,1-7H3/b32-9+. The van der Waals surface area contributed by atoms with Gasteiger partial charge in [-0.05, 0) is 147 Å². The van der Waals surface area contributed by atoms with Crippen molar-refractivity contribution in [2.45, 2.75) is 126 Å². The Morgan fingerprint density at radius 3 is 2.23 bits per heavy atom. The molecule has 1 aliphatic carbocycles. The van der Waals surface area contributed by atoms with Gasteiger partial charge in [-0.2, -0.15) is 0 Å². The molecule has 0 amide bonds. The lowest BCUT2D eigenvalue weighted by molar-refractivity contribution is 0.294. The third-order valence-electron chi connectivity index (χ3n) is 10.7. The largest absolute Gasteiger partial charge is 0.0887 e.